The molecule has 0 fully saturated rings. The molecule has 0 unspecified atom stereocenters. The number of hydrogen-bond acceptors (Lipinski definition) is 5. The van der Waals surface area contributed by atoms with Gasteiger partial charge >= 0.3 is 5.69 Å². The van der Waals surface area contributed by atoms with E-state index in [1.165, 1.54) is 18.7 Å². The van der Waals surface area contributed by atoms with Crippen molar-refractivity contribution in [2.45, 2.75) is 38.4 Å². The Balaban J connectivity index is 2.35. The molecule has 2 aromatic heterocycles. The van der Waals surface area contributed by atoms with E-state index in [0.717, 1.165) is 9.13 Å². The summed E-state index contributed by atoms with van der Waals surface area (Å²) < 4.78 is 47.3. The van der Waals surface area contributed by atoms with Gasteiger partial charge in [0.2, 0.25) is 0 Å². The highest BCUT2D eigenvalue weighted by atomic mass is 16.5. The first kappa shape index (κ1) is 9.16. The first-order chi connectivity index (χ1) is 12.1. The minimum Gasteiger partial charge on any atom is -0.366 e. The second-order valence-electron chi connectivity index (χ2n) is 4.69. The van der Waals surface area contributed by atoms with Crippen molar-refractivity contribution in [1.82, 2.24) is 18.7 Å². The average molecular weight is 302 g/mol. The summed E-state index contributed by atoms with van der Waals surface area (Å²) in [5.74, 6) is -3.58. The summed E-state index contributed by atoms with van der Waals surface area (Å²) in [4.78, 5) is 28.8. The van der Waals surface area contributed by atoms with Crippen LogP contribution in [0.25, 0.3) is 11.2 Å². The van der Waals surface area contributed by atoms with Crippen LogP contribution in [0.2, 0.25) is 0 Å². The SMILES string of the molecule is [2H]c1nc2c(c(=O)n(CCCC([2H])([2H])C(O)(O)C([2H])([2H])[2H])c(=O)n2C)n1C. The van der Waals surface area contributed by atoms with E-state index in [2.05, 4.69) is 4.98 Å². The fraction of sp³-hybridized carbons (Fsp3) is 0.615. The summed E-state index contributed by atoms with van der Waals surface area (Å²) >= 11 is 0. The van der Waals surface area contributed by atoms with Crippen LogP contribution in [0.1, 0.15) is 34.3 Å². The van der Waals surface area contributed by atoms with E-state index >= 15 is 0 Å². The first-order valence-corrected chi connectivity index (χ1v) is 6.21. The standard InChI is InChI=1S/C13H20N4O4/c1-13(20,21)6-4-5-7-17-11(18)9-10(14-8-15(9)2)16(3)12(17)19/h8,20-21H,4-7H2,1-3H3/i1D3,6D2,8D. The van der Waals surface area contributed by atoms with Crippen molar-refractivity contribution in [3.05, 3.63) is 27.1 Å². The minimum absolute atomic E-state index is 0.0197. The third-order valence-electron chi connectivity index (χ3n) is 3.07. The predicted octanol–water partition coefficient (Wildman–Crippen LogP) is -0.695. The van der Waals surface area contributed by atoms with E-state index in [9.17, 15) is 19.8 Å². The Morgan fingerprint density at radius 2 is 2.14 bits per heavy atom. The normalized spacial score (nSPS) is 17.7. The fourth-order valence-electron chi connectivity index (χ4n) is 2.03. The van der Waals surface area contributed by atoms with Gasteiger partial charge < -0.3 is 14.8 Å². The van der Waals surface area contributed by atoms with E-state index in [0.29, 0.717) is 0 Å². The minimum atomic E-state index is -3.58. The molecule has 0 saturated carbocycles. The van der Waals surface area contributed by atoms with Crippen LogP contribution < -0.4 is 11.2 Å². The van der Waals surface area contributed by atoms with Gasteiger partial charge in [0.25, 0.3) is 5.56 Å². The summed E-state index contributed by atoms with van der Waals surface area (Å²) in [6.07, 6.45) is -3.95. The molecule has 0 radical (unpaired) electrons. The molecule has 116 valence electrons. The maximum absolute atomic E-state index is 12.6. The van der Waals surface area contributed by atoms with E-state index < -0.39 is 36.7 Å². The van der Waals surface area contributed by atoms with Crippen LogP contribution in [0.15, 0.2) is 15.9 Å². The third kappa shape index (κ3) is 3.06. The molecule has 2 N–H and O–H groups in total. The number of nitrogens with zero attached hydrogens (tertiary/aromatic N) is 4. The predicted molar refractivity (Wildman–Crippen MR) is 76.9 cm³/mol. The van der Waals surface area contributed by atoms with Crippen LogP contribution in [0, 0.1) is 0 Å². The molecule has 2 heterocycles. The second-order valence-corrected chi connectivity index (χ2v) is 4.69. The fourth-order valence-corrected chi connectivity index (χ4v) is 2.03. The zero-order valence-electron chi connectivity index (χ0n) is 17.6. The van der Waals surface area contributed by atoms with Gasteiger partial charge in [-0.1, -0.05) is 0 Å². The van der Waals surface area contributed by atoms with Crippen molar-refractivity contribution in [3.63, 3.8) is 0 Å². The van der Waals surface area contributed by atoms with Crippen LogP contribution in [-0.4, -0.2) is 34.7 Å². The summed E-state index contributed by atoms with van der Waals surface area (Å²) in [6.45, 7) is -3.65. The van der Waals surface area contributed by atoms with E-state index in [-0.39, 0.29) is 30.4 Å². The summed E-state index contributed by atoms with van der Waals surface area (Å²) in [5.41, 5.74) is -1.40. The number of imidazole rings is 1. The lowest BCUT2D eigenvalue weighted by molar-refractivity contribution is -0.150. The van der Waals surface area contributed by atoms with Crippen LogP contribution in [0.3, 0.4) is 0 Å². The third-order valence-corrected chi connectivity index (χ3v) is 3.07. The van der Waals surface area contributed by atoms with Gasteiger partial charge in [0.15, 0.2) is 17.0 Å². The molecule has 0 aliphatic carbocycles. The maximum Gasteiger partial charge on any atom is 0.332 e. The molecule has 8 heteroatoms. The zero-order valence-corrected chi connectivity index (χ0v) is 11.6. The van der Waals surface area contributed by atoms with Gasteiger partial charge in [0.05, 0.1) is 6.30 Å². The number of aromatic nitrogens is 4. The molecule has 8 nitrogen and oxygen atoms in total. The number of aryl methyl sites for hydroxylation is 2. The molecular formula is C13H20N4O4. The maximum atomic E-state index is 12.6. The van der Waals surface area contributed by atoms with Gasteiger partial charge in [-0.2, -0.15) is 0 Å². The Bertz CT molecular complexity index is 988. The van der Waals surface area contributed by atoms with Gasteiger partial charge in [0.1, 0.15) is 1.37 Å². The molecule has 0 aliphatic heterocycles. The average Bonchev–Trinajstić information content (AvgIpc) is 2.83. The molecule has 0 spiro atoms. The van der Waals surface area contributed by atoms with Crippen LogP contribution in [0.5, 0.6) is 0 Å². The zero-order chi connectivity index (χ0) is 20.9. The topological polar surface area (TPSA) is 102 Å². The van der Waals surface area contributed by atoms with Crippen molar-refractivity contribution in [1.29, 1.82) is 0 Å². The van der Waals surface area contributed by atoms with Crippen LogP contribution >= 0.6 is 0 Å². The second kappa shape index (κ2) is 5.45. The van der Waals surface area contributed by atoms with Crippen LogP contribution in [-0.2, 0) is 20.6 Å². The summed E-state index contributed by atoms with van der Waals surface area (Å²) in [7, 11) is 2.81. The molecule has 0 bridgehead atoms. The van der Waals surface area contributed by atoms with Crippen molar-refractivity contribution >= 4 is 11.2 Å². The number of rotatable bonds is 5. The molecule has 0 amide bonds. The van der Waals surface area contributed by atoms with Gasteiger partial charge in [-0.3, -0.25) is 13.9 Å². The lowest BCUT2D eigenvalue weighted by atomic mass is 10.1. The molecule has 0 saturated heterocycles. The number of hydrogen-bond donors (Lipinski definition) is 2. The Labute approximate surface area is 129 Å². The Hall–Kier alpha value is -1.93. The van der Waals surface area contributed by atoms with Crippen LogP contribution in [0.4, 0.5) is 0 Å². The number of fused-ring (bicyclic) bond motifs is 1. The summed E-state index contributed by atoms with van der Waals surface area (Å²) in [6, 6.07) is 0. The largest absolute Gasteiger partial charge is 0.366 e. The lowest BCUT2D eigenvalue weighted by Crippen LogP contribution is -2.39. The van der Waals surface area contributed by atoms with E-state index in [1.54, 1.807) is 0 Å². The Morgan fingerprint density at radius 3 is 2.81 bits per heavy atom. The molecule has 2 aromatic rings. The smallest absolute Gasteiger partial charge is 0.332 e. The highest BCUT2D eigenvalue weighted by Gasteiger charge is 2.16. The lowest BCUT2D eigenvalue weighted by Gasteiger charge is -2.15. The van der Waals surface area contributed by atoms with Gasteiger partial charge in [-0.15, -0.1) is 0 Å². The van der Waals surface area contributed by atoms with Crippen molar-refractivity contribution in [2.75, 3.05) is 0 Å². The van der Waals surface area contributed by atoms with E-state index in [1.807, 2.05) is 0 Å². The number of aliphatic hydroxyl groups is 2. The molecular weight excluding hydrogens is 276 g/mol. The van der Waals surface area contributed by atoms with Gasteiger partial charge in [0, 0.05) is 33.9 Å². The van der Waals surface area contributed by atoms with Gasteiger partial charge in [-0.25, -0.2) is 9.78 Å². The monoisotopic (exact) mass is 302 g/mol. The molecule has 0 aromatic carbocycles. The van der Waals surface area contributed by atoms with Gasteiger partial charge in [-0.05, 0) is 19.7 Å². The molecule has 2 rings (SSSR count). The molecule has 0 aliphatic rings. The molecule has 0 atom stereocenters. The quantitative estimate of drug-likeness (QED) is 0.711. The van der Waals surface area contributed by atoms with Crippen molar-refractivity contribution in [3.8, 4) is 0 Å². The van der Waals surface area contributed by atoms with Crippen molar-refractivity contribution < 1.29 is 18.4 Å². The first-order valence-electron chi connectivity index (χ1n) is 9.21. The summed E-state index contributed by atoms with van der Waals surface area (Å²) in [5, 5.41) is 19.3. The van der Waals surface area contributed by atoms with Crippen molar-refractivity contribution in [2.24, 2.45) is 14.1 Å². The molecule has 21 heavy (non-hydrogen) atoms. The highest BCUT2D eigenvalue weighted by molar-refractivity contribution is 5.69. The van der Waals surface area contributed by atoms with E-state index in [4.69, 9.17) is 8.22 Å². The highest BCUT2D eigenvalue weighted by Crippen LogP contribution is 2.10. The Morgan fingerprint density at radius 1 is 1.43 bits per heavy atom. The Kier molecular flexibility index (Phi) is 2.38.